The monoisotopic (exact) mass is 163 g/mol. The van der Waals surface area contributed by atoms with Gasteiger partial charge < -0.3 is 5.73 Å². The van der Waals surface area contributed by atoms with Crippen LogP contribution >= 0.6 is 0 Å². The summed E-state index contributed by atoms with van der Waals surface area (Å²) in [5.74, 6) is 2.08. The van der Waals surface area contributed by atoms with Crippen molar-refractivity contribution in [2.45, 2.75) is 0 Å². The first-order chi connectivity index (χ1) is 5.66. The number of nitrogens with two attached hydrogens (primary N) is 1. The van der Waals surface area contributed by atoms with Crippen LogP contribution in [0.4, 0.5) is 11.4 Å². The van der Waals surface area contributed by atoms with E-state index in [2.05, 4.69) is 10.9 Å². The third-order valence-corrected chi connectivity index (χ3v) is 1.27. The Morgan fingerprint density at radius 2 is 2.42 bits per heavy atom. The molecule has 0 aromatic carbocycles. The summed E-state index contributed by atoms with van der Waals surface area (Å²) in [4.78, 5) is 13.4. The molecule has 5 nitrogen and oxygen atoms in total. The summed E-state index contributed by atoms with van der Waals surface area (Å²) in [6.45, 7) is 0. The zero-order valence-corrected chi connectivity index (χ0v) is 6.02. The van der Waals surface area contributed by atoms with Gasteiger partial charge in [0.25, 0.3) is 0 Å². The molecule has 0 unspecified atom stereocenters. The van der Waals surface area contributed by atoms with Crippen molar-refractivity contribution in [2.24, 2.45) is 0 Å². The fraction of sp³-hybridized carbons (Fsp3) is 0. The van der Waals surface area contributed by atoms with Crippen molar-refractivity contribution in [1.29, 1.82) is 0 Å². The maximum Gasteiger partial charge on any atom is 0.326 e. The zero-order chi connectivity index (χ0) is 9.14. The number of hydrogen-bond donors (Lipinski definition) is 1. The smallest absolute Gasteiger partial charge is 0.326 e. The first kappa shape index (κ1) is 8.01. The number of hydrogen-bond acceptors (Lipinski definition) is 4. The highest BCUT2D eigenvalue weighted by Gasteiger charge is 2.16. The Labute approximate surface area is 68.4 Å². The SMILES string of the molecule is C#Cc1nccc(N)c1[N+](=O)[O-]. The van der Waals surface area contributed by atoms with Gasteiger partial charge in [-0.1, -0.05) is 0 Å². The number of pyridine rings is 1. The lowest BCUT2D eigenvalue weighted by molar-refractivity contribution is -0.384. The molecule has 0 radical (unpaired) electrons. The molecule has 0 amide bonds. The van der Waals surface area contributed by atoms with Crippen molar-refractivity contribution in [2.75, 3.05) is 5.73 Å². The summed E-state index contributed by atoms with van der Waals surface area (Å²) in [6.07, 6.45) is 6.32. The van der Waals surface area contributed by atoms with E-state index >= 15 is 0 Å². The molecule has 1 heterocycles. The molecule has 0 aliphatic heterocycles. The molecule has 0 fully saturated rings. The van der Waals surface area contributed by atoms with Gasteiger partial charge in [-0.05, 0) is 12.0 Å². The van der Waals surface area contributed by atoms with E-state index in [0.717, 1.165) is 0 Å². The minimum Gasteiger partial charge on any atom is -0.393 e. The van der Waals surface area contributed by atoms with Crippen molar-refractivity contribution in [3.63, 3.8) is 0 Å². The highest BCUT2D eigenvalue weighted by atomic mass is 16.6. The van der Waals surface area contributed by atoms with Gasteiger partial charge in [0.05, 0.1) is 4.92 Å². The van der Waals surface area contributed by atoms with Crippen LogP contribution in [0.3, 0.4) is 0 Å². The fourth-order valence-electron chi connectivity index (χ4n) is 0.766. The second-order valence-corrected chi connectivity index (χ2v) is 2.00. The molecule has 1 aromatic heterocycles. The Morgan fingerprint density at radius 3 is 2.83 bits per heavy atom. The van der Waals surface area contributed by atoms with Crippen LogP contribution in [0.15, 0.2) is 12.3 Å². The van der Waals surface area contributed by atoms with E-state index in [-0.39, 0.29) is 17.1 Å². The summed E-state index contributed by atoms with van der Waals surface area (Å²) < 4.78 is 0. The zero-order valence-electron chi connectivity index (χ0n) is 6.02. The molecule has 0 atom stereocenters. The minimum absolute atomic E-state index is 0.0305. The molecule has 12 heavy (non-hydrogen) atoms. The number of aromatic nitrogens is 1. The fourth-order valence-corrected chi connectivity index (χ4v) is 0.766. The normalized spacial score (nSPS) is 8.92. The predicted molar refractivity (Wildman–Crippen MR) is 43.2 cm³/mol. The van der Waals surface area contributed by atoms with E-state index in [1.807, 2.05) is 0 Å². The summed E-state index contributed by atoms with van der Waals surface area (Å²) in [5.41, 5.74) is 5.00. The van der Waals surface area contributed by atoms with Crippen molar-refractivity contribution in [1.82, 2.24) is 4.98 Å². The molecular weight excluding hydrogens is 158 g/mol. The Balaban J connectivity index is 3.42. The molecule has 0 aliphatic rings. The van der Waals surface area contributed by atoms with Gasteiger partial charge in [0.2, 0.25) is 0 Å². The van der Waals surface area contributed by atoms with E-state index in [9.17, 15) is 10.1 Å². The predicted octanol–water partition coefficient (Wildman–Crippen LogP) is 0.553. The highest BCUT2D eigenvalue weighted by Crippen LogP contribution is 2.22. The van der Waals surface area contributed by atoms with Gasteiger partial charge in [-0.3, -0.25) is 10.1 Å². The number of nitrogen functional groups attached to an aromatic ring is 1. The standard InChI is InChI=1S/C7H5N3O2/c1-2-6-7(10(11)12)5(8)3-4-9-6/h1,3-4H,(H2,8,9). The lowest BCUT2D eigenvalue weighted by atomic mass is 10.3. The summed E-state index contributed by atoms with van der Waals surface area (Å²) >= 11 is 0. The Bertz CT molecular complexity index is 367. The third kappa shape index (κ3) is 1.18. The van der Waals surface area contributed by atoms with Crippen LogP contribution in [0.2, 0.25) is 0 Å². The third-order valence-electron chi connectivity index (χ3n) is 1.27. The first-order valence-corrected chi connectivity index (χ1v) is 3.02. The Morgan fingerprint density at radius 1 is 1.75 bits per heavy atom. The number of terminal acetylenes is 1. The van der Waals surface area contributed by atoms with Crippen LogP contribution in [0, 0.1) is 22.5 Å². The van der Waals surface area contributed by atoms with Gasteiger partial charge in [-0.15, -0.1) is 6.42 Å². The van der Waals surface area contributed by atoms with Crippen LogP contribution in [-0.2, 0) is 0 Å². The first-order valence-electron chi connectivity index (χ1n) is 3.02. The lowest BCUT2D eigenvalue weighted by Gasteiger charge is -1.96. The summed E-state index contributed by atoms with van der Waals surface area (Å²) in [5, 5.41) is 10.4. The average molecular weight is 163 g/mol. The number of rotatable bonds is 1. The van der Waals surface area contributed by atoms with Crippen LogP contribution in [0.25, 0.3) is 0 Å². The van der Waals surface area contributed by atoms with Crippen LogP contribution in [-0.4, -0.2) is 9.91 Å². The van der Waals surface area contributed by atoms with Gasteiger partial charge in [0.15, 0.2) is 5.69 Å². The molecule has 0 aliphatic carbocycles. The maximum absolute atomic E-state index is 10.4. The quantitative estimate of drug-likeness (QED) is 0.372. The van der Waals surface area contributed by atoms with E-state index < -0.39 is 4.92 Å². The maximum atomic E-state index is 10.4. The average Bonchev–Trinajstić information content (AvgIpc) is 2.03. The van der Waals surface area contributed by atoms with E-state index in [1.165, 1.54) is 12.3 Å². The van der Waals surface area contributed by atoms with Crippen LogP contribution < -0.4 is 5.73 Å². The Hall–Kier alpha value is -2.09. The molecule has 0 saturated carbocycles. The molecule has 2 N–H and O–H groups in total. The van der Waals surface area contributed by atoms with Gasteiger partial charge in [0, 0.05) is 6.20 Å². The van der Waals surface area contributed by atoms with Crippen molar-refractivity contribution in [3.05, 3.63) is 28.1 Å². The molecule has 0 spiro atoms. The van der Waals surface area contributed by atoms with Crippen LogP contribution in [0.1, 0.15) is 5.69 Å². The second kappa shape index (κ2) is 2.88. The van der Waals surface area contributed by atoms with E-state index in [4.69, 9.17) is 12.2 Å². The van der Waals surface area contributed by atoms with Crippen molar-refractivity contribution >= 4 is 11.4 Å². The topological polar surface area (TPSA) is 82.0 Å². The van der Waals surface area contributed by atoms with Gasteiger partial charge in [-0.2, -0.15) is 0 Å². The van der Waals surface area contributed by atoms with E-state index in [0.29, 0.717) is 0 Å². The Kier molecular flexibility index (Phi) is 1.92. The lowest BCUT2D eigenvalue weighted by Crippen LogP contribution is -1.99. The minimum atomic E-state index is -0.641. The molecule has 1 aromatic rings. The summed E-state index contributed by atoms with van der Waals surface area (Å²) in [7, 11) is 0. The number of nitro groups is 1. The van der Waals surface area contributed by atoms with Gasteiger partial charge in [0.1, 0.15) is 5.69 Å². The van der Waals surface area contributed by atoms with Crippen molar-refractivity contribution < 1.29 is 4.92 Å². The molecule has 5 heteroatoms. The largest absolute Gasteiger partial charge is 0.393 e. The van der Waals surface area contributed by atoms with Gasteiger partial charge in [-0.25, -0.2) is 4.98 Å². The summed E-state index contributed by atoms with van der Waals surface area (Å²) in [6, 6.07) is 1.33. The number of nitrogens with zero attached hydrogens (tertiary/aromatic N) is 2. The second-order valence-electron chi connectivity index (χ2n) is 2.00. The number of anilines is 1. The van der Waals surface area contributed by atoms with Crippen molar-refractivity contribution in [3.8, 4) is 12.3 Å². The van der Waals surface area contributed by atoms with E-state index in [1.54, 1.807) is 0 Å². The highest BCUT2D eigenvalue weighted by molar-refractivity contribution is 5.63. The molecule has 0 saturated heterocycles. The molecule has 0 bridgehead atoms. The molecule has 60 valence electrons. The molecular formula is C7H5N3O2. The molecule has 1 rings (SSSR count). The van der Waals surface area contributed by atoms with Crippen LogP contribution in [0.5, 0.6) is 0 Å². The van der Waals surface area contributed by atoms with Gasteiger partial charge >= 0.3 is 5.69 Å².